The van der Waals surface area contributed by atoms with E-state index < -0.39 is 11.9 Å². The van der Waals surface area contributed by atoms with Gasteiger partial charge in [0.1, 0.15) is 5.92 Å². The number of hydrogen-bond donors (Lipinski definition) is 1. The Labute approximate surface area is 129 Å². The van der Waals surface area contributed by atoms with E-state index in [1.807, 2.05) is 36.6 Å². The van der Waals surface area contributed by atoms with Gasteiger partial charge in [0.05, 0.1) is 23.4 Å². The summed E-state index contributed by atoms with van der Waals surface area (Å²) < 4.78 is 1.94. The van der Waals surface area contributed by atoms with Gasteiger partial charge in [-0.1, -0.05) is 6.07 Å². The number of pyridine rings is 1. The van der Waals surface area contributed by atoms with Crippen LogP contribution in [0.15, 0.2) is 24.5 Å². The van der Waals surface area contributed by atoms with Gasteiger partial charge in [-0.2, -0.15) is 0 Å². The second kappa shape index (κ2) is 5.88. The number of imidazole rings is 1. The fourth-order valence-electron chi connectivity index (χ4n) is 3.06. The van der Waals surface area contributed by atoms with Gasteiger partial charge in [0.25, 0.3) is 0 Å². The van der Waals surface area contributed by atoms with Crippen LogP contribution < -0.4 is 0 Å². The van der Waals surface area contributed by atoms with Crippen molar-refractivity contribution in [3.63, 3.8) is 0 Å². The molecule has 0 spiro atoms. The minimum Gasteiger partial charge on any atom is -0.481 e. The molecule has 0 fully saturated rings. The van der Waals surface area contributed by atoms with Gasteiger partial charge in [-0.05, 0) is 26.0 Å². The molecule has 0 bridgehead atoms. The Bertz CT molecular complexity index is 695. The van der Waals surface area contributed by atoms with E-state index in [0.717, 1.165) is 29.3 Å². The van der Waals surface area contributed by atoms with Crippen LogP contribution in [0.2, 0.25) is 0 Å². The number of carboxylic acids is 1. The highest BCUT2D eigenvalue weighted by Crippen LogP contribution is 2.28. The van der Waals surface area contributed by atoms with E-state index in [2.05, 4.69) is 14.9 Å². The normalized spacial score (nSPS) is 18.2. The summed E-state index contributed by atoms with van der Waals surface area (Å²) in [6, 6.07) is 5.91. The second-order valence-corrected chi connectivity index (χ2v) is 5.69. The van der Waals surface area contributed by atoms with Crippen LogP contribution in [0.5, 0.6) is 0 Å². The number of aromatic nitrogens is 3. The van der Waals surface area contributed by atoms with Crippen molar-refractivity contribution in [1.82, 2.24) is 19.4 Å². The van der Waals surface area contributed by atoms with E-state index in [1.54, 1.807) is 6.33 Å². The first-order chi connectivity index (χ1) is 10.6. The molecule has 2 aromatic rings. The Morgan fingerprint density at radius 1 is 1.45 bits per heavy atom. The fourth-order valence-corrected chi connectivity index (χ4v) is 3.06. The molecule has 0 amide bonds. The minimum absolute atomic E-state index is 0.490. The topological polar surface area (TPSA) is 71.2 Å². The number of fused-ring (bicyclic) bond motifs is 1. The standard InChI is InChI=1S/C16H20N4O2/c1-3-20-10-17-14-9-19(8-13(15(14)20)16(21)22)7-12-6-4-5-11(2)18-12/h4-6,10,13H,3,7-9H2,1-2H3,(H,21,22)/t13-/m0/s1. The summed E-state index contributed by atoms with van der Waals surface area (Å²) >= 11 is 0. The van der Waals surface area contributed by atoms with Crippen LogP contribution >= 0.6 is 0 Å². The lowest BCUT2D eigenvalue weighted by molar-refractivity contribution is -0.139. The van der Waals surface area contributed by atoms with Gasteiger partial charge in [-0.15, -0.1) is 0 Å². The Hall–Kier alpha value is -2.21. The zero-order chi connectivity index (χ0) is 15.7. The molecule has 1 atom stereocenters. The van der Waals surface area contributed by atoms with Gasteiger partial charge < -0.3 is 9.67 Å². The molecule has 0 aliphatic carbocycles. The molecular formula is C16H20N4O2. The number of aryl methyl sites for hydroxylation is 2. The molecular weight excluding hydrogens is 280 g/mol. The van der Waals surface area contributed by atoms with Crippen molar-refractivity contribution in [2.45, 2.75) is 39.4 Å². The third kappa shape index (κ3) is 2.74. The Morgan fingerprint density at radius 3 is 2.95 bits per heavy atom. The predicted molar refractivity (Wildman–Crippen MR) is 81.4 cm³/mol. The second-order valence-electron chi connectivity index (χ2n) is 5.69. The molecule has 2 aromatic heterocycles. The van der Waals surface area contributed by atoms with Crippen molar-refractivity contribution in [1.29, 1.82) is 0 Å². The van der Waals surface area contributed by atoms with Crippen molar-refractivity contribution < 1.29 is 9.90 Å². The van der Waals surface area contributed by atoms with Crippen molar-refractivity contribution in [2.75, 3.05) is 6.54 Å². The van der Waals surface area contributed by atoms with Crippen molar-refractivity contribution in [3.8, 4) is 0 Å². The molecule has 0 saturated carbocycles. The molecule has 22 heavy (non-hydrogen) atoms. The van der Waals surface area contributed by atoms with Crippen molar-refractivity contribution >= 4 is 5.97 Å². The SMILES string of the molecule is CCn1cnc2c1[C@@H](C(=O)O)CN(Cc1cccc(C)n1)C2. The van der Waals surface area contributed by atoms with E-state index in [9.17, 15) is 9.90 Å². The number of hydrogen-bond acceptors (Lipinski definition) is 4. The molecule has 0 saturated heterocycles. The van der Waals surface area contributed by atoms with Crippen LogP contribution in [0.25, 0.3) is 0 Å². The highest BCUT2D eigenvalue weighted by molar-refractivity contribution is 5.76. The maximum absolute atomic E-state index is 11.7. The maximum atomic E-state index is 11.7. The van der Waals surface area contributed by atoms with Crippen molar-refractivity contribution in [2.24, 2.45) is 0 Å². The van der Waals surface area contributed by atoms with Crippen molar-refractivity contribution in [3.05, 3.63) is 47.3 Å². The molecule has 0 aromatic carbocycles. The third-order valence-corrected chi connectivity index (χ3v) is 4.07. The van der Waals surface area contributed by atoms with Gasteiger partial charge in [0.15, 0.2) is 0 Å². The summed E-state index contributed by atoms with van der Waals surface area (Å²) in [5, 5.41) is 9.57. The average molecular weight is 300 g/mol. The zero-order valence-electron chi connectivity index (χ0n) is 12.9. The quantitative estimate of drug-likeness (QED) is 0.932. The summed E-state index contributed by atoms with van der Waals surface area (Å²) in [6.07, 6.45) is 1.75. The Morgan fingerprint density at radius 2 is 2.27 bits per heavy atom. The molecule has 6 heteroatoms. The first-order valence-corrected chi connectivity index (χ1v) is 7.50. The molecule has 6 nitrogen and oxygen atoms in total. The molecule has 0 radical (unpaired) electrons. The van der Waals surface area contributed by atoms with Gasteiger partial charge in [0.2, 0.25) is 0 Å². The Balaban J connectivity index is 1.86. The van der Waals surface area contributed by atoms with Crippen LogP contribution in [0.4, 0.5) is 0 Å². The largest absolute Gasteiger partial charge is 0.481 e. The zero-order valence-corrected chi connectivity index (χ0v) is 12.9. The van der Waals surface area contributed by atoms with E-state index >= 15 is 0 Å². The van der Waals surface area contributed by atoms with Gasteiger partial charge in [-0.3, -0.25) is 14.7 Å². The maximum Gasteiger partial charge on any atom is 0.313 e. The fraction of sp³-hybridized carbons (Fsp3) is 0.438. The van der Waals surface area contributed by atoms with E-state index in [-0.39, 0.29) is 0 Å². The lowest BCUT2D eigenvalue weighted by Gasteiger charge is -2.30. The molecule has 3 rings (SSSR count). The lowest BCUT2D eigenvalue weighted by Crippen LogP contribution is -2.37. The molecule has 116 valence electrons. The molecule has 1 N–H and O–H groups in total. The number of nitrogens with zero attached hydrogens (tertiary/aromatic N) is 4. The van der Waals surface area contributed by atoms with Gasteiger partial charge in [-0.25, -0.2) is 4.98 Å². The van der Waals surface area contributed by atoms with Crippen LogP contribution in [-0.4, -0.2) is 37.1 Å². The summed E-state index contributed by atoms with van der Waals surface area (Å²) in [7, 11) is 0. The number of aliphatic carboxylic acids is 1. The molecule has 3 heterocycles. The average Bonchev–Trinajstić information content (AvgIpc) is 2.89. The highest BCUT2D eigenvalue weighted by Gasteiger charge is 2.34. The first-order valence-electron chi connectivity index (χ1n) is 7.50. The predicted octanol–water partition coefficient (Wildman–Crippen LogP) is 1.79. The van der Waals surface area contributed by atoms with Crippen LogP contribution in [0, 0.1) is 6.92 Å². The minimum atomic E-state index is -0.793. The van der Waals surface area contributed by atoms with Crippen LogP contribution in [-0.2, 0) is 24.4 Å². The van der Waals surface area contributed by atoms with E-state index in [0.29, 0.717) is 19.6 Å². The summed E-state index contributed by atoms with van der Waals surface area (Å²) in [5.41, 5.74) is 3.65. The van der Waals surface area contributed by atoms with E-state index in [1.165, 1.54) is 0 Å². The molecule has 1 aliphatic heterocycles. The van der Waals surface area contributed by atoms with Gasteiger partial charge in [0, 0.05) is 31.9 Å². The molecule has 1 aliphatic rings. The number of carbonyl (C=O) groups is 1. The summed E-state index contributed by atoms with van der Waals surface area (Å²) in [6.45, 7) is 6.51. The highest BCUT2D eigenvalue weighted by atomic mass is 16.4. The lowest BCUT2D eigenvalue weighted by atomic mass is 9.98. The smallest absolute Gasteiger partial charge is 0.313 e. The monoisotopic (exact) mass is 300 g/mol. The third-order valence-electron chi connectivity index (χ3n) is 4.07. The summed E-state index contributed by atoms with van der Waals surface area (Å²) in [5.74, 6) is -1.32. The molecule has 0 unspecified atom stereocenters. The summed E-state index contributed by atoms with van der Waals surface area (Å²) in [4.78, 5) is 22.7. The van der Waals surface area contributed by atoms with Crippen LogP contribution in [0.3, 0.4) is 0 Å². The van der Waals surface area contributed by atoms with Gasteiger partial charge >= 0.3 is 5.97 Å². The number of carboxylic acid groups (broad SMARTS) is 1. The Kier molecular flexibility index (Phi) is 3.94. The number of rotatable bonds is 4. The van der Waals surface area contributed by atoms with Crippen LogP contribution in [0.1, 0.15) is 35.6 Å². The first kappa shape index (κ1) is 14.7. The van der Waals surface area contributed by atoms with E-state index in [4.69, 9.17) is 0 Å².